The summed E-state index contributed by atoms with van der Waals surface area (Å²) in [4.78, 5) is 28.6. The summed E-state index contributed by atoms with van der Waals surface area (Å²) in [5.41, 5.74) is 2.29. The molecule has 0 radical (unpaired) electrons. The predicted molar refractivity (Wildman–Crippen MR) is 134 cm³/mol. The maximum atomic E-state index is 14.5. The standard InChI is InChI=1S/C27H29F2N5O3/c1-32-11-13-33(14-12-32)27-30-23-9-10-34(25(35)15-18-3-6-20(36-2)7-4-18)17-21(23)26(31-27)37-24-8-5-19(28)16-22(24)29/h3-8,16H,9-15,17H2,1-2H3. The number of halogens is 2. The Hall–Kier alpha value is -3.79. The smallest absolute Gasteiger partial charge is 0.229 e. The van der Waals surface area contributed by atoms with E-state index in [0.29, 0.717) is 24.5 Å². The Morgan fingerprint density at radius 3 is 2.46 bits per heavy atom. The SMILES string of the molecule is COc1ccc(CC(=O)N2CCc3nc(N4CCN(C)CC4)nc(Oc4ccc(F)cc4F)c3C2)cc1. The van der Waals surface area contributed by atoms with Gasteiger partial charge >= 0.3 is 0 Å². The fourth-order valence-electron chi connectivity index (χ4n) is 4.51. The van der Waals surface area contributed by atoms with E-state index < -0.39 is 11.6 Å². The number of methoxy groups -OCH3 is 1. The Kier molecular flexibility index (Phi) is 7.18. The first kappa shape index (κ1) is 24.9. The molecule has 2 aromatic carbocycles. The van der Waals surface area contributed by atoms with E-state index in [1.54, 1.807) is 12.0 Å². The lowest BCUT2D eigenvalue weighted by Gasteiger charge is -2.34. The van der Waals surface area contributed by atoms with Crippen LogP contribution in [0.15, 0.2) is 42.5 Å². The number of piperazine rings is 1. The summed E-state index contributed by atoms with van der Waals surface area (Å²) >= 11 is 0. The lowest BCUT2D eigenvalue weighted by molar-refractivity contribution is -0.131. The molecule has 2 aliphatic rings. The molecule has 0 N–H and O–H groups in total. The molecule has 37 heavy (non-hydrogen) atoms. The Balaban J connectivity index is 1.42. The molecule has 2 aliphatic heterocycles. The van der Waals surface area contributed by atoms with Gasteiger partial charge in [-0.15, -0.1) is 0 Å². The van der Waals surface area contributed by atoms with Gasteiger partial charge in [0, 0.05) is 45.2 Å². The molecule has 8 nitrogen and oxygen atoms in total. The molecule has 5 rings (SSSR count). The van der Waals surface area contributed by atoms with Gasteiger partial charge in [0.1, 0.15) is 11.6 Å². The van der Waals surface area contributed by atoms with Gasteiger partial charge in [0.2, 0.25) is 17.7 Å². The van der Waals surface area contributed by atoms with Crippen LogP contribution in [0, 0.1) is 11.6 Å². The van der Waals surface area contributed by atoms with Gasteiger partial charge in [0.25, 0.3) is 0 Å². The summed E-state index contributed by atoms with van der Waals surface area (Å²) in [7, 11) is 3.66. The second-order valence-electron chi connectivity index (χ2n) is 9.31. The van der Waals surface area contributed by atoms with E-state index in [-0.39, 0.29) is 30.5 Å². The number of hydrogen-bond acceptors (Lipinski definition) is 7. The van der Waals surface area contributed by atoms with Crippen molar-refractivity contribution in [3.8, 4) is 17.4 Å². The predicted octanol–water partition coefficient (Wildman–Crippen LogP) is 3.43. The zero-order chi connectivity index (χ0) is 25.9. The van der Waals surface area contributed by atoms with Crippen LogP contribution in [0.5, 0.6) is 17.4 Å². The molecule has 3 aromatic rings. The Bertz CT molecular complexity index is 1280. The fourth-order valence-corrected chi connectivity index (χ4v) is 4.51. The van der Waals surface area contributed by atoms with Crippen molar-refractivity contribution in [2.45, 2.75) is 19.4 Å². The molecule has 0 atom stereocenters. The van der Waals surface area contributed by atoms with Gasteiger partial charge in [-0.2, -0.15) is 4.98 Å². The van der Waals surface area contributed by atoms with Crippen molar-refractivity contribution in [1.29, 1.82) is 0 Å². The third-order valence-corrected chi connectivity index (χ3v) is 6.76. The highest BCUT2D eigenvalue weighted by Crippen LogP contribution is 2.33. The molecular formula is C27H29F2N5O3. The van der Waals surface area contributed by atoms with Crippen LogP contribution in [0.1, 0.15) is 16.8 Å². The minimum atomic E-state index is -0.822. The molecule has 1 aromatic heterocycles. The second kappa shape index (κ2) is 10.7. The highest BCUT2D eigenvalue weighted by atomic mass is 19.1. The monoisotopic (exact) mass is 509 g/mol. The molecule has 0 spiro atoms. The van der Waals surface area contributed by atoms with E-state index in [9.17, 15) is 13.6 Å². The van der Waals surface area contributed by atoms with E-state index in [1.165, 1.54) is 6.07 Å². The van der Waals surface area contributed by atoms with E-state index in [0.717, 1.165) is 55.3 Å². The molecule has 0 saturated carbocycles. The summed E-state index contributed by atoms with van der Waals surface area (Å²) in [6.07, 6.45) is 0.761. The zero-order valence-electron chi connectivity index (χ0n) is 20.9. The molecule has 10 heteroatoms. The Morgan fingerprint density at radius 2 is 1.76 bits per heavy atom. The number of anilines is 1. The van der Waals surface area contributed by atoms with E-state index >= 15 is 0 Å². The molecule has 194 valence electrons. The van der Waals surface area contributed by atoms with E-state index in [2.05, 4.69) is 21.8 Å². The maximum absolute atomic E-state index is 14.5. The first-order chi connectivity index (χ1) is 17.9. The summed E-state index contributed by atoms with van der Waals surface area (Å²) in [5, 5.41) is 0. The largest absolute Gasteiger partial charge is 0.497 e. The van der Waals surface area contributed by atoms with Crippen molar-refractivity contribution in [3.63, 3.8) is 0 Å². The van der Waals surface area contributed by atoms with Gasteiger partial charge in [-0.25, -0.2) is 13.8 Å². The van der Waals surface area contributed by atoms with Crippen LogP contribution in [-0.2, 0) is 24.2 Å². The van der Waals surface area contributed by atoms with Crippen molar-refractivity contribution in [3.05, 3.63) is 70.9 Å². The molecule has 0 bridgehead atoms. The third kappa shape index (κ3) is 5.64. The van der Waals surface area contributed by atoms with Crippen LogP contribution in [0.25, 0.3) is 0 Å². The van der Waals surface area contributed by atoms with Gasteiger partial charge < -0.3 is 24.2 Å². The van der Waals surface area contributed by atoms with E-state index in [4.69, 9.17) is 14.5 Å². The number of ether oxygens (including phenoxy) is 2. The second-order valence-corrected chi connectivity index (χ2v) is 9.31. The number of likely N-dealkylation sites (N-methyl/N-ethyl adjacent to an activating group) is 1. The lowest BCUT2D eigenvalue weighted by Crippen LogP contribution is -2.45. The van der Waals surface area contributed by atoms with Gasteiger partial charge in [0.05, 0.1) is 31.3 Å². The van der Waals surface area contributed by atoms with Crippen molar-refractivity contribution in [2.24, 2.45) is 0 Å². The number of carbonyl (C=O) groups excluding carboxylic acids is 1. The lowest BCUT2D eigenvalue weighted by atomic mass is 10.0. The summed E-state index contributed by atoms with van der Waals surface area (Å²) < 4.78 is 39.0. The highest BCUT2D eigenvalue weighted by molar-refractivity contribution is 5.79. The van der Waals surface area contributed by atoms with Gasteiger partial charge in [-0.05, 0) is 36.9 Å². The third-order valence-electron chi connectivity index (χ3n) is 6.76. The van der Waals surface area contributed by atoms with Crippen molar-refractivity contribution >= 4 is 11.9 Å². The number of benzene rings is 2. The van der Waals surface area contributed by atoms with Crippen molar-refractivity contribution in [1.82, 2.24) is 19.8 Å². The van der Waals surface area contributed by atoms with Crippen LogP contribution in [0.4, 0.5) is 14.7 Å². The molecule has 0 aliphatic carbocycles. The van der Waals surface area contributed by atoms with Gasteiger partial charge in [-0.3, -0.25) is 4.79 Å². The molecule has 3 heterocycles. The number of hydrogen-bond donors (Lipinski definition) is 0. The van der Waals surface area contributed by atoms with Gasteiger partial charge in [0.15, 0.2) is 11.6 Å². The number of aromatic nitrogens is 2. The zero-order valence-corrected chi connectivity index (χ0v) is 20.9. The number of amides is 1. The summed E-state index contributed by atoms with van der Waals surface area (Å²) in [5.74, 6) is -0.258. The quantitative estimate of drug-likeness (QED) is 0.504. The van der Waals surface area contributed by atoms with Crippen LogP contribution >= 0.6 is 0 Å². The molecule has 0 unspecified atom stereocenters. The average molecular weight is 510 g/mol. The number of rotatable bonds is 6. The number of nitrogens with zero attached hydrogens (tertiary/aromatic N) is 5. The molecule has 1 saturated heterocycles. The normalized spacial score (nSPS) is 15.9. The topological polar surface area (TPSA) is 71.0 Å². The summed E-state index contributed by atoms with van der Waals surface area (Å²) in [6.45, 7) is 4.00. The maximum Gasteiger partial charge on any atom is 0.229 e. The number of carbonyl (C=O) groups is 1. The van der Waals surface area contributed by atoms with Crippen LogP contribution in [-0.4, -0.2) is 72.6 Å². The molecule has 1 fully saturated rings. The first-order valence-corrected chi connectivity index (χ1v) is 12.3. The van der Waals surface area contributed by atoms with Crippen LogP contribution in [0.2, 0.25) is 0 Å². The van der Waals surface area contributed by atoms with E-state index in [1.807, 2.05) is 24.3 Å². The minimum absolute atomic E-state index is 0.0436. The first-order valence-electron chi connectivity index (χ1n) is 12.3. The van der Waals surface area contributed by atoms with Crippen LogP contribution < -0.4 is 14.4 Å². The van der Waals surface area contributed by atoms with Crippen molar-refractivity contribution < 1.29 is 23.0 Å². The van der Waals surface area contributed by atoms with Crippen LogP contribution in [0.3, 0.4) is 0 Å². The Morgan fingerprint density at radius 1 is 1.00 bits per heavy atom. The molecular weight excluding hydrogens is 480 g/mol. The fraction of sp³-hybridized carbons (Fsp3) is 0.370. The Labute approximate surface area is 214 Å². The minimum Gasteiger partial charge on any atom is -0.497 e. The van der Waals surface area contributed by atoms with Crippen molar-refractivity contribution in [2.75, 3.05) is 51.8 Å². The molecule has 1 amide bonds. The van der Waals surface area contributed by atoms with Gasteiger partial charge in [-0.1, -0.05) is 12.1 Å². The average Bonchev–Trinajstić information content (AvgIpc) is 2.90. The summed E-state index contributed by atoms with van der Waals surface area (Å²) in [6, 6.07) is 10.5. The number of fused-ring (bicyclic) bond motifs is 1. The highest BCUT2D eigenvalue weighted by Gasteiger charge is 2.29.